The first-order valence-corrected chi connectivity index (χ1v) is 6.23. The monoisotopic (exact) mass is 245 g/mol. The largest absolute Gasteiger partial charge is 0.321 e. The summed E-state index contributed by atoms with van der Waals surface area (Å²) in [5.41, 5.74) is 2.93. The highest BCUT2D eigenvalue weighted by Crippen LogP contribution is 2.17. The van der Waals surface area contributed by atoms with Gasteiger partial charge in [-0.3, -0.25) is 4.68 Å². The van der Waals surface area contributed by atoms with Crippen LogP contribution in [0.2, 0.25) is 0 Å². The van der Waals surface area contributed by atoms with E-state index in [1.807, 2.05) is 23.9 Å². The zero-order valence-corrected chi connectivity index (χ0v) is 11.3. The second kappa shape index (κ2) is 5.16. The van der Waals surface area contributed by atoms with Crippen LogP contribution in [0.15, 0.2) is 18.5 Å². The van der Waals surface area contributed by atoms with Gasteiger partial charge in [-0.15, -0.1) is 0 Å². The predicted octanol–water partition coefficient (Wildman–Crippen LogP) is 2.87. The van der Waals surface area contributed by atoms with Crippen LogP contribution in [-0.2, 0) is 6.54 Å². The summed E-state index contributed by atoms with van der Waals surface area (Å²) in [4.78, 5) is 8.89. The minimum Gasteiger partial charge on any atom is -0.321 e. The highest BCUT2D eigenvalue weighted by atomic mass is 15.3. The minimum atomic E-state index is 0.394. The molecule has 96 valence electrons. The maximum atomic E-state index is 4.50. The third-order valence-corrected chi connectivity index (χ3v) is 2.68. The van der Waals surface area contributed by atoms with E-state index >= 15 is 0 Å². The zero-order valence-electron chi connectivity index (χ0n) is 11.3. The van der Waals surface area contributed by atoms with Crippen molar-refractivity contribution in [1.82, 2.24) is 19.7 Å². The normalized spacial score (nSPS) is 10.9. The van der Waals surface area contributed by atoms with Crippen LogP contribution >= 0.6 is 0 Å². The number of rotatable bonds is 4. The average Bonchev–Trinajstić information content (AvgIpc) is 2.76. The van der Waals surface area contributed by atoms with Crippen LogP contribution in [0, 0.1) is 6.92 Å². The molecule has 1 N–H and O–H groups in total. The van der Waals surface area contributed by atoms with Crippen molar-refractivity contribution in [3.63, 3.8) is 0 Å². The molecule has 2 aromatic heterocycles. The quantitative estimate of drug-likeness (QED) is 0.899. The van der Waals surface area contributed by atoms with E-state index in [9.17, 15) is 0 Å². The van der Waals surface area contributed by atoms with Gasteiger partial charge < -0.3 is 5.32 Å². The zero-order chi connectivity index (χ0) is 13.1. The Morgan fingerprint density at radius 2 is 2.11 bits per heavy atom. The summed E-state index contributed by atoms with van der Waals surface area (Å²) in [5.74, 6) is 1.03. The Bertz CT molecular complexity index is 530. The van der Waals surface area contributed by atoms with E-state index in [1.54, 1.807) is 6.20 Å². The molecule has 0 fully saturated rings. The molecular formula is C13H19N5. The second-order valence-corrected chi connectivity index (χ2v) is 4.62. The van der Waals surface area contributed by atoms with Gasteiger partial charge in [-0.25, -0.2) is 9.97 Å². The van der Waals surface area contributed by atoms with E-state index in [4.69, 9.17) is 0 Å². The van der Waals surface area contributed by atoms with Gasteiger partial charge in [0.1, 0.15) is 0 Å². The van der Waals surface area contributed by atoms with E-state index < -0.39 is 0 Å². The van der Waals surface area contributed by atoms with Gasteiger partial charge in [0.25, 0.3) is 0 Å². The topological polar surface area (TPSA) is 55.6 Å². The lowest BCUT2D eigenvalue weighted by Crippen LogP contribution is -2.02. The minimum absolute atomic E-state index is 0.394. The maximum absolute atomic E-state index is 4.50. The van der Waals surface area contributed by atoms with Crippen LogP contribution in [-0.4, -0.2) is 19.7 Å². The molecule has 18 heavy (non-hydrogen) atoms. The summed E-state index contributed by atoms with van der Waals surface area (Å²) in [6, 6.07) is 2.02. The molecule has 0 aliphatic rings. The van der Waals surface area contributed by atoms with E-state index in [-0.39, 0.29) is 0 Å². The molecule has 0 atom stereocenters. The molecule has 5 heteroatoms. The third-order valence-electron chi connectivity index (χ3n) is 2.68. The Balaban J connectivity index is 2.23. The molecule has 2 heterocycles. The Morgan fingerprint density at radius 3 is 2.72 bits per heavy atom. The summed E-state index contributed by atoms with van der Waals surface area (Å²) in [6.45, 7) is 9.14. The average molecular weight is 245 g/mol. The summed E-state index contributed by atoms with van der Waals surface area (Å²) < 4.78 is 1.86. The number of aryl methyl sites for hydroxylation is 2. The van der Waals surface area contributed by atoms with Gasteiger partial charge >= 0.3 is 0 Å². The molecule has 0 unspecified atom stereocenters. The van der Waals surface area contributed by atoms with Crippen LogP contribution in [0.4, 0.5) is 11.6 Å². The van der Waals surface area contributed by atoms with Crippen molar-refractivity contribution in [2.45, 2.75) is 40.2 Å². The molecule has 0 saturated heterocycles. The molecule has 0 aliphatic carbocycles. The fourth-order valence-corrected chi connectivity index (χ4v) is 1.67. The molecule has 0 amide bonds. The molecule has 2 aromatic rings. The van der Waals surface area contributed by atoms with Gasteiger partial charge in [-0.1, -0.05) is 13.8 Å². The molecule has 2 rings (SSSR count). The van der Waals surface area contributed by atoms with Gasteiger partial charge in [0.2, 0.25) is 5.95 Å². The SMILES string of the molecule is CCn1cc(Nc2nc(C)cc(C(C)C)n2)cn1. The first-order chi connectivity index (χ1) is 8.58. The highest BCUT2D eigenvalue weighted by Gasteiger charge is 2.06. The Labute approximate surface area is 107 Å². The molecule has 5 nitrogen and oxygen atoms in total. The number of anilines is 2. The van der Waals surface area contributed by atoms with Crippen molar-refractivity contribution in [2.24, 2.45) is 0 Å². The highest BCUT2D eigenvalue weighted by molar-refractivity contribution is 5.50. The van der Waals surface area contributed by atoms with Crippen LogP contribution in [0.25, 0.3) is 0 Å². The van der Waals surface area contributed by atoms with Crippen LogP contribution in [0.3, 0.4) is 0 Å². The van der Waals surface area contributed by atoms with Gasteiger partial charge in [-0.05, 0) is 25.8 Å². The lowest BCUT2D eigenvalue weighted by Gasteiger charge is -2.08. The Hall–Kier alpha value is -1.91. The lowest BCUT2D eigenvalue weighted by atomic mass is 10.1. The first kappa shape index (κ1) is 12.5. The summed E-state index contributed by atoms with van der Waals surface area (Å²) in [5, 5.41) is 7.40. The first-order valence-electron chi connectivity index (χ1n) is 6.23. The number of hydrogen-bond acceptors (Lipinski definition) is 4. The Kier molecular flexibility index (Phi) is 3.60. The van der Waals surface area contributed by atoms with Crippen LogP contribution < -0.4 is 5.32 Å². The number of aromatic nitrogens is 4. The van der Waals surface area contributed by atoms with Crippen LogP contribution in [0.5, 0.6) is 0 Å². The van der Waals surface area contributed by atoms with Gasteiger partial charge in [-0.2, -0.15) is 5.10 Å². The van der Waals surface area contributed by atoms with Crippen molar-refractivity contribution in [2.75, 3.05) is 5.32 Å². The molecule has 0 bridgehead atoms. The van der Waals surface area contributed by atoms with Gasteiger partial charge in [0.05, 0.1) is 11.9 Å². The molecule has 0 spiro atoms. The molecule has 0 saturated carbocycles. The number of nitrogens with zero attached hydrogens (tertiary/aromatic N) is 4. The molecule has 0 aromatic carbocycles. The van der Waals surface area contributed by atoms with Gasteiger partial charge in [0, 0.05) is 24.1 Å². The number of nitrogens with one attached hydrogen (secondary N) is 1. The predicted molar refractivity (Wildman–Crippen MR) is 72.0 cm³/mol. The third kappa shape index (κ3) is 2.85. The second-order valence-electron chi connectivity index (χ2n) is 4.62. The van der Waals surface area contributed by atoms with E-state index in [1.165, 1.54) is 0 Å². The van der Waals surface area contributed by atoms with E-state index in [2.05, 4.69) is 41.2 Å². The lowest BCUT2D eigenvalue weighted by molar-refractivity contribution is 0.660. The summed E-state index contributed by atoms with van der Waals surface area (Å²) in [6.07, 6.45) is 3.73. The summed E-state index contributed by atoms with van der Waals surface area (Å²) in [7, 11) is 0. The molecule has 0 aliphatic heterocycles. The van der Waals surface area contributed by atoms with Crippen molar-refractivity contribution in [3.05, 3.63) is 29.8 Å². The van der Waals surface area contributed by atoms with E-state index in [0.29, 0.717) is 11.9 Å². The van der Waals surface area contributed by atoms with E-state index in [0.717, 1.165) is 23.6 Å². The molecular weight excluding hydrogens is 226 g/mol. The standard InChI is InChI=1S/C13H19N5/c1-5-18-8-11(7-14-18)16-13-15-10(4)6-12(17-13)9(2)3/h6-9H,5H2,1-4H3,(H,15,16,17). The van der Waals surface area contributed by atoms with Crippen molar-refractivity contribution >= 4 is 11.6 Å². The molecule has 0 radical (unpaired) electrons. The Morgan fingerprint density at radius 1 is 1.33 bits per heavy atom. The maximum Gasteiger partial charge on any atom is 0.227 e. The van der Waals surface area contributed by atoms with Crippen molar-refractivity contribution in [1.29, 1.82) is 0 Å². The van der Waals surface area contributed by atoms with Crippen molar-refractivity contribution in [3.8, 4) is 0 Å². The van der Waals surface area contributed by atoms with Crippen molar-refractivity contribution < 1.29 is 0 Å². The fourth-order valence-electron chi connectivity index (χ4n) is 1.67. The van der Waals surface area contributed by atoms with Gasteiger partial charge in [0.15, 0.2) is 0 Å². The van der Waals surface area contributed by atoms with Crippen LogP contribution in [0.1, 0.15) is 38.1 Å². The fraction of sp³-hybridized carbons (Fsp3) is 0.462. The number of hydrogen-bond donors (Lipinski definition) is 1. The smallest absolute Gasteiger partial charge is 0.227 e. The summed E-state index contributed by atoms with van der Waals surface area (Å²) >= 11 is 0.